The van der Waals surface area contributed by atoms with Gasteiger partial charge in [0.05, 0.1) is 42.1 Å². The zero-order chi connectivity index (χ0) is 32.8. The largest absolute Gasteiger partial charge is 0.495 e. The van der Waals surface area contributed by atoms with Crippen molar-refractivity contribution in [3.63, 3.8) is 0 Å². The first-order valence-corrected chi connectivity index (χ1v) is 16.1. The molecule has 12 heteroatoms. The van der Waals surface area contributed by atoms with Crippen molar-refractivity contribution in [2.75, 3.05) is 20.3 Å². The zero-order valence-electron chi connectivity index (χ0n) is 25.0. The summed E-state index contributed by atoms with van der Waals surface area (Å²) in [5.41, 5.74) is 5.42. The lowest BCUT2D eigenvalue weighted by Crippen LogP contribution is -2.19. The predicted molar refractivity (Wildman–Crippen MR) is 186 cm³/mol. The van der Waals surface area contributed by atoms with E-state index in [1.54, 1.807) is 49.6 Å². The molecule has 0 aliphatic carbocycles. The van der Waals surface area contributed by atoms with E-state index < -0.39 is 11.9 Å². The number of nitrogens with one attached hydrogen (secondary N) is 2. The van der Waals surface area contributed by atoms with Gasteiger partial charge in [0.1, 0.15) is 11.4 Å². The SMILES string of the molecule is CCOc1ccc(C(=O)Oc2c(Br)cc(Br)cc2C=NNC(=O)c2[nH]c3c(OC)cccc3c2-c2ccccc2Cl)cc1OCC. The fourth-order valence-corrected chi connectivity index (χ4v) is 6.37. The first kappa shape index (κ1) is 33.1. The van der Waals surface area contributed by atoms with Crippen LogP contribution in [-0.4, -0.2) is 43.4 Å². The second-order valence-corrected chi connectivity index (χ2v) is 11.8. The molecular weight excluding hydrogens is 742 g/mol. The van der Waals surface area contributed by atoms with Crippen LogP contribution < -0.4 is 24.4 Å². The highest BCUT2D eigenvalue weighted by atomic mass is 79.9. The third-order valence-electron chi connectivity index (χ3n) is 6.77. The van der Waals surface area contributed by atoms with Gasteiger partial charge in [-0.25, -0.2) is 10.2 Å². The van der Waals surface area contributed by atoms with Gasteiger partial charge in [-0.15, -0.1) is 0 Å². The number of amides is 1. The number of aromatic nitrogens is 1. The van der Waals surface area contributed by atoms with Gasteiger partial charge in [-0.05, 0) is 72.2 Å². The summed E-state index contributed by atoms with van der Waals surface area (Å²) < 4.78 is 23.8. The molecule has 9 nitrogen and oxygen atoms in total. The maximum absolute atomic E-state index is 13.6. The molecular formula is C34H28Br2ClN3O6. The van der Waals surface area contributed by atoms with Crippen LogP contribution in [0, 0.1) is 0 Å². The van der Waals surface area contributed by atoms with Crippen LogP contribution in [0.5, 0.6) is 23.0 Å². The Bertz CT molecular complexity index is 1960. The maximum atomic E-state index is 13.6. The molecule has 46 heavy (non-hydrogen) atoms. The van der Waals surface area contributed by atoms with Crippen molar-refractivity contribution in [1.29, 1.82) is 0 Å². The molecule has 2 N–H and O–H groups in total. The van der Waals surface area contributed by atoms with Crippen LogP contribution in [0.3, 0.4) is 0 Å². The molecule has 0 bridgehead atoms. The predicted octanol–water partition coefficient (Wildman–Crippen LogP) is 8.80. The number of esters is 1. The third-order valence-corrected chi connectivity index (χ3v) is 8.14. The maximum Gasteiger partial charge on any atom is 0.343 e. The summed E-state index contributed by atoms with van der Waals surface area (Å²) in [4.78, 5) is 30.0. The first-order chi connectivity index (χ1) is 22.2. The normalized spacial score (nSPS) is 11.1. The van der Waals surface area contributed by atoms with Gasteiger partial charge in [0.2, 0.25) is 0 Å². The fourth-order valence-electron chi connectivity index (χ4n) is 4.80. The standard InChI is InChI=1S/C34H28Br2ClN3O6/c1-4-44-26-14-13-19(16-28(26)45-5-2)34(42)46-32-20(15-21(35)17-24(32)36)18-38-40-33(41)31-29(22-9-6-7-11-25(22)37)23-10-8-12-27(43-3)30(23)39-31/h6-18,39H,4-5H2,1-3H3,(H,40,41). The van der Waals surface area contributed by atoms with Crippen LogP contribution >= 0.6 is 43.5 Å². The van der Waals surface area contributed by atoms with E-state index in [-0.39, 0.29) is 17.0 Å². The summed E-state index contributed by atoms with van der Waals surface area (Å²) in [6, 6.07) is 21.1. The number of rotatable bonds is 11. The lowest BCUT2D eigenvalue weighted by molar-refractivity contribution is 0.0732. The van der Waals surface area contributed by atoms with Crippen molar-refractivity contribution in [3.8, 4) is 34.1 Å². The number of hydrazone groups is 1. The molecule has 0 aliphatic rings. The summed E-state index contributed by atoms with van der Waals surface area (Å²) in [6.45, 7) is 4.56. The number of nitrogens with zero attached hydrogens (tertiary/aromatic N) is 1. The van der Waals surface area contributed by atoms with Crippen LogP contribution in [0.2, 0.25) is 5.02 Å². The summed E-state index contributed by atoms with van der Waals surface area (Å²) in [7, 11) is 1.56. The van der Waals surface area contributed by atoms with E-state index in [1.807, 2.05) is 44.2 Å². The van der Waals surface area contributed by atoms with Crippen molar-refractivity contribution in [2.45, 2.75) is 13.8 Å². The van der Waals surface area contributed by atoms with Crippen molar-refractivity contribution < 1.29 is 28.5 Å². The van der Waals surface area contributed by atoms with Gasteiger partial charge >= 0.3 is 5.97 Å². The Labute approximate surface area is 287 Å². The number of aromatic amines is 1. The Hall–Kier alpha value is -4.32. The lowest BCUT2D eigenvalue weighted by atomic mass is 10.0. The van der Waals surface area contributed by atoms with E-state index in [0.29, 0.717) is 66.6 Å². The number of H-pyrrole nitrogens is 1. The summed E-state index contributed by atoms with van der Waals surface area (Å²) in [5.74, 6) is 0.589. The van der Waals surface area contributed by atoms with Crippen LogP contribution in [0.1, 0.15) is 40.3 Å². The van der Waals surface area contributed by atoms with Gasteiger partial charge in [-0.2, -0.15) is 5.10 Å². The van der Waals surface area contributed by atoms with E-state index in [9.17, 15) is 9.59 Å². The molecule has 0 spiro atoms. The molecule has 236 valence electrons. The number of benzene rings is 4. The molecule has 0 saturated heterocycles. The van der Waals surface area contributed by atoms with Crippen LogP contribution in [0.4, 0.5) is 0 Å². The Kier molecular flexibility index (Phi) is 10.7. The smallest absolute Gasteiger partial charge is 0.343 e. The summed E-state index contributed by atoms with van der Waals surface area (Å²) in [5, 5.41) is 5.44. The van der Waals surface area contributed by atoms with Gasteiger partial charge in [-0.1, -0.05) is 57.9 Å². The lowest BCUT2D eigenvalue weighted by Gasteiger charge is -2.13. The molecule has 0 radical (unpaired) electrons. The van der Waals surface area contributed by atoms with Gasteiger partial charge in [0, 0.05) is 31.6 Å². The van der Waals surface area contributed by atoms with Crippen molar-refractivity contribution in [2.24, 2.45) is 5.10 Å². The number of carbonyl (C=O) groups is 2. The van der Waals surface area contributed by atoms with Crippen molar-refractivity contribution >= 4 is 72.5 Å². The van der Waals surface area contributed by atoms with E-state index in [1.165, 1.54) is 6.21 Å². The summed E-state index contributed by atoms with van der Waals surface area (Å²) in [6.07, 6.45) is 1.39. The molecule has 0 saturated carbocycles. The Morgan fingerprint density at radius 2 is 1.70 bits per heavy atom. The summed E-state index contributed by atoms with van der Waals surface area (Å²) >= 11 is 13.5. The minimum atomic E-state index is -0.623. The minimum Gasteiger partial charge on any atom is -0.495 e. The molecule has 0 atom stereocenters. The molecule has 1 aromatic heterocycles. The van der Waals surface area contributed by atoms with E-state index >= 15 is 0 Å². The van der Waals surface area contributed by atoms with E-state index in [0.717, 1.165) is 5.39 Å². The number of hydrogen-bond acceptors (Lipinski definition) is 7. The molecule has 0 unspecified atom stereocenters. The number of carbonyl (C=O) groups excluding carboxylic acids is 2. The number of methoxy groups -OCH3 is 1. The van der Waals surface area contributed by atoms with Gasteiger partial charge < -0.3 is 23.9 Å². The highest BCUT2D eigenvalue weighted by molar-refractivity contribution is 9.11. The molecule has 5 aromatic rings. The van der Waals surface area contributed by atoms with Crippen molar-refractivity contribution in [3.05, 3.63) is 104 Å². The van der Waals surface area contributed by atoms with E-state index in [4.69, 9.17) is 30.5 Å². The average molecular weight is 770 g/mol. The number of hydrogen-bond donors (Lipinski definition) is 2. The zero-order valence-corrected chi connectivity index (χ0v) is 28.9. The second-order valence-electron chi connectivity index (χ2n) is 9.66. The second kappa shape index (κ2) is 14.8. The Morgan fingerprint density at radius 1 is 0.935 bits per heavy atom. The number of fused-ring (bicyclic) bond motifs is 1. The Morgan fingerprint density at radius 3 is 2.43 bits per heavy atom. The average Bonchev–Trinajstić information content (AvgIpc) is 3.43. The minimum absolute atomic E-state index is 0.199. The monoisotopic (exact) mass is 767 g/mol. The van der Waals surface area contributed by atoms with Crippen LogP contribution in [0.15, 0.2) is 86.8 Å². The molecule has 0 fully saturated rings. The van der Waals surface area contributed by atoms with Crippen molar-refractivity contribution in [1.82, 2.24) is 10.4 Å². The quantitative estimate of drug-likeness (QED) is 0.0602. The first-order valence-electron chi connectivity index (χ1n) is 14.1. The molecule has 1 heterocycles. The highest BCUT2D eigenvalue weighted by Gasteiger charge is 2.23. The fraction of sp³-hybridized carbons (Fsp3) is 0.147. The van der Waals surface area contributed by atoms with Gasteiger partial charge in [0.25, 0.3) is 5.91 Å². The Balaban J connectivity index is 1.44. The third kappa shape index (κ3) is 7.06. The molecule has 5 rings (SSSR count). The molecule has 0 aliphatic heterocycles. The van der Waals surface area contributed by atoms with E-state index in [2.05, 4.69) is 47.4 Å². The highest BCUT2D eigenvalue weighted by Crippen LogP contribution is 2.39. The molecule has 1 amide bonds. The van der Waals surface area contributed by atoms with Gasteiger partial charge in [-0.3, -0.25) is 4.79 Å². The molecule has 4 aromatic carbocycles. The number of halogens is 3. The van der Waals surface area contributed by atoms with Gasteiger partial charge in [0.15, 0.2) is 17.2 Å². The number of para-hydroxylation sites is 1. The van der Waals surface area contributed by atoms with Crippen LogP contribution in [-0.2, 0) is 0 Å². The topological polar surface area (TPSA) is 111 Å². The number of ether oxygens (including phenoxy) is 4. The van der Waals surface area contributed by atoms with Crippen LogP contribution in [0.25, 0.3) is 22.0 Å².